The monoisotopic (exact) mass is 359 g/mol. The summed E-state index contributed by atoms with van der Waals surface area (Å²) in [5.74, 6) is -0.672. The van der Waals surface area contributed by atoms with Gasteiger partial charge in [-0.05, 0) is 54.3 Å². The molecule has 0 aromatic heterocycles. The van der Waals surface area contributed by atoms with Crippen LogP contribution < -0.4 is 10.1 Å². The lowest BCUT2D eigenvalue weighted by atomic mass is 9.97. The summed E-state index contributed by atoms with van der Waals surface area (Å²) < 4.78 is 18.4. The summed E-state index contributed by atoms with van der Waals surface area (Å²) in [5.41, 5.74) is 1.56. The van der Waals surface area contributed by atoms with E-state index in [4.69, 9.17) is 9.84 Å². The number of aliphatic carboxylic acids is 1. The Balaban J connectivity index is 1.79. The molecular formula is C20H22FNO4. The van der Waals surface area contributed by atoms with E-state index in [1.54, 1.807) is 36.4 Å². The number of carbonyl (C=O) groups excluding carboxylic acids is 1. The summed E-state index contributed by atoms with van der Waals surface area (Å²) in [6.45, 7) is 2.24. The van der Waals surface area contributed by atoms with Crippen molar-refractivity contribution in [2.24, 2.45) is 0 Å². The highest BCUT2D eigenvalue weighted by Gasteiger charge is 2.11. The van der Waals surface area contributed by atoms with Gasteiger partial charge in [-0.25, -0.2) is 4.39 Å². The van der Waals surface area contributed by atoms with Crippen LogP contribution in [-0.4, -0.2) is 23.6 Å². The minimum Gasteiger partial charge on any atom is -0.494 e. The molecule has 0 aliphatic heterocycles. The summed E-state index contributed by atoms with van der Waals surface area (Å²) in [6, 6.07) is 13.0. The Morgan fingerprint density at radius 1 is 1.12 bits per heavy atom. The van der Waals surface area contributed by atoms with Gasteiger partial charge in [-0.15, -0.1) is 0 Å². The number of anilines is 1. The third-order valence-electron chi connectivity index (χ3n) is 3.87. The quantitative estimate of drug-likeness (QED) is 0.658. The van der Waals surface area contributed by atoms with Crippen molar-refractivity contribution in [3.8, 4) is 5.75 Å². The van der Waals surface area contributed by atoms with Gasteiger partial charge in [0.05, 0.1) is 6.61 Å². The van der Waals surface area contributed by atoms with Gasteiger partial charge < -0.3 is 15.2 Å². The Labute approximate surface area is 151 Å². The third kappa shape index (κ3) is 6.55. The van der Waals surface area contributed by atoms with Crippen molar-refractivity contribution in [3.05, 3.63) is 59.9 Å². The normalized spacial score (nSPS) is 11.6. The van der Waals surface area contributed by atoms with Crippen molar-refractivity contribution < 1.29 is 23.8 Å². The third-order valence-corrected chi connectivity index (χ3v) is 3.87. The van der Waals surface area contributed by atoms with Crippen LogP contribution in [0.25, 0.3) is 0 Å². The van der Waals surface area contributed by atoms with Crippen LogP contribution in [0.5, 0.6) is 5.75 Å². The van der Waals surface area contributed by atoms with Gasteiger partial charge in [0.2, 0.25) is 5.91 Å². The largest absolute Gasteiger partial charge is 0.494 e. The van der Waals surface area contributed by atoms with Gasteiger partial charge in [-0.3, -0.25) is 9.59 Å². The van der Waals surface area contributed by atoms with Crippen LogP contribution in [0.3, 0.4) is 0 Å². The van der Waals surface area contributed by atoms with Crippen molar-refractivity contribution in [1.82, 2.24) is 0 Å². The van der Waals surface area contributed by atoms with Crippen LogP contribution in [0, 0.1) is 5.82 Å². The molecule has 0 saturated heterocycles. The average Bonchev–Trinajstić information content (AvgIpc) is 2.60. The van der Waals surface area contributed by atoms with E-state index < -0.39 is 5.97 Å². The van der Waals surface area contributed by atoms with Crippen LogP contribution in [0.1, 0.15) is 37.7 Å². The van der Waals surface area contributed by atoms with Gasteiger partial charge in [0.1, 0.15) is 11.6 Å². The molecule has 26 heavy (non-hydrogen) atoms. The van der Waals surface area contributed by atoms with Gasteiger partial charge >= 0.3 is 5.97 Å². The molecule has 1 unspecified atom stereocenters. The second-order valence-electron chi connectivity index (χ2n) is 6.08. The summed E-state index contributed by atoms with van der Waals surface area (Å²) >= 11 is 0. The number of nitrogens with one attached hydrogen (secondary N) is 1. The van der Waals surface area contributed by atoms with E-state index in [2.05, 4.69) is 5.32 Å². The number of rotatable bonds is 9. The fraction of sp³-hybridized carbons (Fsp3) is 0.300. The summed E-state index contributed by atoms with van der Waals surface area (Å²) in [7, 11) is 0. The Morgan fingerprint density at radius 2 is 1.77 bits per heavy atom. The van der Waals surface area contributed by atoms with E-state index in [0.29, 0.717) is 30.9 Å². The number of carbonyl (C=O) groups is 2. The van der Waals surface area contributed by atoms with Gasteiger partial charge in [0.25, 0.3) is 0 Å². The molecule has 138 valence electrons. The predicted molar refractivity (Wildman–Crippen MR) is 96.9 cm³/mol. The number of benzene rings is 2. The first-order valence-corrected chi connectivity index (χ1v) is 8.44. The maximum Gasteiger partial charge on any atom is 0.303 e. The van der Waals surface area contributed by atoms with Crippen molar-refractivity contribution >= 4 is 17.6 Å². The molecule has 5 nitrogen and oxygen atoms in total. The molecular weight excluding hydrogens is 337 g/mol. The Bertz CT molecular complexity index is 728. The van der Waals surface area contributed by atoms with Crippen LogP contribution in [0.2, 0.25) is 0 Å². The second kappa shape index (κ2) is 9.56. The molecule has 2 rings (SSSR count). The van der Waals surface area contributed by atoms with E-state index in [1.807, 2.05) is 6.92 Å². The number of carboxylic acid groups (broad SMARTS) is 1. The Morgan fingerprint density at radius 3 is 2.38 bits per heavy atom. The van der Waals surface area contributed by atoms with E-state index in [-0.39, 0.29) is 24.1 Å². The van der Waals surface area contributed by atoms with Gasteiger partial charge in [0, 0.05) is 18.5 Å². The zero-order valence-corrected chi connectivity index (χ0v) is 14.6. The second-order valence-corrected chi connectivity index (χ2v) is 6.08. The van der Waals surface area contributed by atoms with Crippen molar-refractivity contribution in [2.45, 2.75) is 32.1 Å². The molecule has 1 amide bonds. The fourth-order valence-electron chi connectivity index (χ4n) is 2.45. The summed E-state index contributed by atoms with van der Waals surface area (Å²) in [5, 5.41) is 11.4. The van der Waals surface area contributed by atoms with Crippen LogP contribution in [0.4, 0.5) is 10.1 Å². The summed E-state index contributed by atoms with van der Waals surface area (Å²) in [4.78, 5) is 22.6. The van der Waals surface area contributed by atoms with Crippen molar-refractivity contribution in [1.29, 1.82) is 0 Å². The number of ether oxygens (including phenoxy) is 1. The number of carboxylic acids is 1. The van der Waals surface area contributed by atoms with Crippen LogP contribution >= 0.6 is 0 Å². The molecule has 0 heterocycles. The molecule has 2 aromatic rings. The molecule has 2 N–H and O–H groups in total. The Hall–Kier alpha value is -2.89. The van der Waals surface area contributed by atoms with Gasteiger partial charge in [-0.2, -0.15) is 0 Å². The lowest BCUT2D eigenvalue weighted by Gasteiger charge is -2.12. The first-order chi connectivity index (χ1) is 12.4. The van der Waals surface area contributed by atoms with E-state index in [0.717, 1.165) is 5.56 Å². The number of halogens is 1. The SMILES string of the molecule is CC(CC(=O)Nc1ccc(OCCCC(=O)O)cc1)c1ccc(F)cc1. The smallest absolute Gasteiger partial charge is 0.303 e. The highest BCUT2D eigenvalue weighted by atomic mass is 19.1. The first-order valence-electron chi connectivity index (χ1n) is 8.44. The molecule has 0 radical (unpaired) electrons. The maximum atomic E-state index is 13.0. The van der Waals surface area contributed by atoms with E-state index in [9.17, 15) is 14.0 Å². The Kier molecular flexibility index (Phi) is 7.14. The lowest BCUT2D eigenvalue weighted by Crippen LogP contribution is -2.14. The van der Waals surface area contributed by atoms with Gasteiger partial charge in [-0.1, -0.05) is 19.1 Å². The maximum absolute atomic E-state index is 13.0. The number of hydrogen-bond acceptors (Lipinski definition) is 3. The van der Waals surface area contributed by atoms with Crippen LogP contribution in [0.15, 0.2) is 48.5 Å². The van der Waals surface area contributed by atoms with E-state index >= 15 is 0 Å². The molecule has 0 fully saturated rings. The zero-order chi connectivity index (χ0) is 18.9. The average molecular weight is 359 g/mol. The number of amides is 1. The molecule has 2 aromatic carbocycles. The zero-order valence-electron chi connectivity index (χ0n) is 14.6. The first kappa shape index (κ1) is 19.4. The predicted octanol–water partition coefficient (Wildman–Crippen LogP) is 4.20. The van der Waals surface area contributed by atoms with Crippen molar-refractivity contribution in [3.63, 3.8) is 0 Å². The molecule has 6 heteroatoms. The molecule has 0 aliphatic rings. The van der Waals surface area contributed by atoms with Crippen LogP contribution in [-0.2, 0) is 9.59 Å². The molecule has 0 spiro atoms. The highest BCUT2D eigenvalue weighted by molar-refractivity contribution is 5.91. The van der Waals surface area contributed by atoms with Crippen molar-refractivity contribution in [2.75, 3.05) is 11.9 Å². The topological polar surface area (TPSA) is 75.6 Å². The standard InChI is InChI=1S/C20H22FNO4/c1-14(15-4-6-16(21)7-5-15)13-19(23)22-17-8-10-18(11-9-17)26-12-2-3-20(24)25/h4-11,14H,2-3,12-13H2,1H3,(H,22,23)(H,24,25). The fourth-order valence-corrected chi connectivity index (χ4v) is 2.45. The molecule has 0 bridgehead atoms. The van der Waals surface area contributed by atoms with E-state index in [1.165, 1.54) is 12.1 Å². The minimum atomic E-state index is -0.846. The van der Waals surface area contributed by atoms with Gasteiger partial charge in [0.15, 0.2) is 0 Å². The molecule has 0 saturated carbocycles. The lowest BCUT2D eigenvalue weighted by molar-refractivity contribution is -0.137. The number of hydrogen-bond donors (Lipinski definition) is 2. The highest BCUT2D eigenvalue weighted by Crippen LogP contribution is 2.21. The molecule has 1 atom stereocenters. The molecule has 0 aliphatic carbocycles. The summed E-state index contributed by atoms with van der Waals surface area (Å²) in [6.07, 6.45) is 0.800. The minimum absolute atomic E-state index is 0.0209.